The number of aromatic nitrogens is 2. The smallest absolute Gasteiger partial charge is 0.263 e. The van der Waals surface area contributed by atoms with Gasteiger partial charge in [0, 0.05) is 44.5 Å². The van der Waals surface area contributed by atoms with Gasteiger partial charge in [0.1, 0.15) is 4.83 Å². The normalized spacial score (nSPS) is 14.5. The molecule has 9 heteroatoms. The number of carbonyl (C=O) groups is 2. The Bertz CT molecular complexity index is 987. The summed E-state index contributed by atoms with van der Waals surface area (Å²) >= 11 is 2.78. The molecular formula is C19H24N4O3S2. The highest BCUT2D eigenvalue weighted by Crippen LogP contribution is 2.28. The van der Waals surface area contributed by atoms with Crippen molar-refractivity contribution >= 4 is 45.1 Å². The maximum Gasteiger partial charge on any atom is 0.263 e. The second kappa shape index (κ2) is 8.48. The Morgan fingerprint density at radius 2 is 1.86 bits per heavy atom. The van der Waals surface area contributed by atoms with Crippen molar-refractivity contribution in [2.45, 2.75) is 32.5 Å². The Kier molecular flexibility index (Phi) is 6.24. The van der Waals surface area contributed by atoms with Gasteiger partial charge in [-0.15, -0.1) is 17.9 Å². The fourth-order valence-electron chi connectivity index (χ4n) is 3.20. The second-order valence-corrected chi connectivity index (χ2v) is 8.88. The summed E-state index contributed by atoms with van der Waals surface area (Å²) in [7, 11) is 0. The van der Waals surface area contributed by atoms with Crippen LogP contribution in [0.4, 0.5) is 0 Å². The van der Waals surface area contributed by atoms with Crippen LogP contribution in [0.25, 0.3) is 10.2 Å². The molecule has 1 saturated heterocycles. The topological polar surface area (TPSA) is 75.5 Å². The Morgan fingerprint density at radius 1 is 1.21 bits per heavy atom. The summed E-state index contributed by atoms with van der Waals surface area (Å²) in [5.74, 6) is 0.235. The summed E-state index contributed by atoms with van der Waals surface area (Å²) in [5.41, 5.74) is 0.878. The van der Waals surface area contributed by atoms with Crippen LogP contribution in [0.2, 0.25) is 0 Å². The van der Waals surface area contributed by atoms with Gasteiger partial charge < -0.3 is 9.80 Å². The first-order valence-corrected chi connectivity index (χ1v) is 10.9. The molecular weight excluding hydrogens is 396 g/mol. The minimum atomic E-state index is -0.0863. The molecule has 2 amide bonds. The number of fused-ring (bicyclic) bond motifs is 1. The van der Waals surface area contributed by atoms with Crippen LogP contribution in [0, 0.1) is 13.8 Å². The fourth-order valence-corrected chi connectivity index (χ4v) is 5.18. The van der Waals surface area contributed by atoms with E-state index in [1.807, 2.05) is 13.8 Å². The number of thiophene rings is 1. The molecule has 0 N–H and O–H groups in total. The Morgan fingerprint density at radius 3 is 2.46 bits per heavy atom. The summed E-state index contributed by atoms with van der Waals surface area (Å²) in [4.78, 5) is 46.9. The van der Waals surface area contributed by atoms with Crippen molar-refractivity contribution in [2.24, 2.45) is 0 Å². The molecule has 0 atom stereocenters. The van der Waals surface area contributed by atoms with E-state index < -0.39 is 0 Å². The zero-order valence-electron chi connectivity index (χ0n) is 16.4. The first kappa shape index (κ1) is 20.6. The van der Waals surface area contributed by atoms with Gasteiger partial charge in [0.25, 0.3) is 5.56 Å². The van der Waals surface area contributed by atoms with Gasteiger partial charge in [-0.2, -0.15) is 0 Å². The average Bonchev–Trinajstić information content (AvgIpc) is 2.96. The predicted molar refractivity (Wildman–Crippen MR) is 113 cm³/mol. The van der Waals surface area contributed by atoms with E-state index in [4.69, 9.17) is 0 Å². The second-order valence-electron chi connectivity index (χ2n) is 6.74. The molecule has 0 saturated carbocycles. The minimum absolute atomic E-state index is 0.00811. The van der Waals surface area contributed by atoms with Gasteiger partial charge in [-0.25, -0.2) is 4.98 Å². The molecule has 7 nitrogen and oxygen atoms in total. The largest absolute Gasteiger partial charge is 0.339 e. The number of nitrogens with zero attached hydrogens (tertiary/aromatic N) is 4. The fraction of sp³-hybridized carbons (Fsp3) is 0.474. The molecule has 0 unspecified atom stereocenters. The lowest BCUT2D eigenvalue weighted by atomic mass is 10.2. The molecule has 1 fully saturated rings. The van der Waals surface area contributed by atoms with Crippen molar-refractivity contribution in [3.8, 4) is 0 Å². The Hall–Kier alpha value is -2.13. The quantitative estimate of drug-likeness (QED) is 0.420. The maximum absolute atomic E-state index is 13.0. The highest BCUT2D eigenvalue weighted by molar-refractivity contribution is 7.99. The Labute approximate surface area is 172 Å². The van der Waals surface area contributed by atoms with Gasteiger partial charge in [0.05, 0.1) is 11.1 Å². The van der Waals surface area contributed by atoms with Crippen molar-refractivity contribution < 1.29 is 9.59 Å². The van der Waals surface area contributed by atoms with Crippen molar-refractivity contribution in [1.82, 2.24) is 19.4 Å². The first-order valence-electron chi connectivity index (χ1n) is 9.11. The summed E-state index contributed by atoms with van der Waals surface area (Å²) in [6, 6.07) is 0. The van der Waals surface area contributed by atoms with Crippen LogP contribution in [-0.4, -0.2) is 63.1 Å². The van der Waals surface area contributed by atoms with Crippen molar-refractivity contribution in [3.05, 3.63) is 33.4 Å². The molecule has 0 spiro atoms. The molecule has 150 valence electrons. The van der Waals surface area contributed by atoms with Gasteiger partial charge in [-0.3, -0.25) is 19.0 Å². The van der Waals surface area contributed by atoms with Gasteiger partial charge in [-0.05, 0) is 19.4 Å². The summed E-state index contributed by atoms with van der Waals surface area (Å²) in [6.45, 7) is 11.7. The average molecular weight is 421 g/mol. The summed E-state index contributed by atoms with van der Waals surface area (Å²) < 4.78 is 1.58. The summed E-state index contributed by atoms with van der Waals surface area (Å²) in [6.07, 6.45) is 1.66. The molecule has 28 heavy (non-hydrogen) atoms. The van der Waals surface area contributed by atoms with E-state index in [0.29, 0.717) is 48.1 Å². The SMILES string of the molecule is C=CCn1c(SCC(=O)N2CCN(C(C)=O)CC2)nc2sc(C)c(C)c2c1=O. The zero-order valence-corrected chi connectivity index (χ0v) is 18.0. The number of allylic oxidation sites excluding steroid dienone is 1. The van der Waals surface area contributed by atoms with E-state index in [-0.39, 0.29) is 23.1 Å². The minimum Gasteiger partial charge on any atom is -0.339 e. The monoisotopic (exact) mass is 420 g/mol. The number of hydrogen-bond acceptors (Lipinski definition) is 6. The van der Waals surface area contributed by atoms with E-state index in [1.54, 1.807) is 27.4 Å². The number of aryl methyl sites for hydroxylation is 2. The van der Waals surface area contributed by atoms with Gasteiger partial charge in [0.15, 0.2) is 5.16 Å². The third-order valence-corrected chi connectivity index (χ3v) is 7.03. The maximum atomic E-state index is 13.0. The molecule has 2 aromatic rings. The van der Waals surface area contributed by atoms with E-state index in [1.165, 1.54) is 23.1 Å². The van der Waals surface area contributed by atoms with Crippen LogP contribution in [0.1, 0.15) is 17.4 Å². The molecule has 0 aliphatic carbocycles. The van der Waals surface area contributed by atoms with Crippen LogP contribution in [0.3, 0.4) is 0 Å². The Balaban J connectivity index is 1.77. The number of amides is 2. The lowest BCUT2D eigenvalue weighted by molar-refractivity contribution is -0.136. The number of thioether (sulfide) groups is 1. The lowest BCUT2D eigenvalue weighted by Crippen LogP contribution is -2.50. The van der Waals surface area contributed by atoms with Crippen molar-refractivity contribution in [1.29, 1.82) is 0 Å². The van der Waals surface area contributed by atoms with Crippen LogP contribution >= 0.6 is 23.1 Å². The zero-order chi connectivity index (χ0) is 20.4. The van der Waals surface area contributed by atoms with Crippen LogP contribution < -0.4 is 5.56 Å². The molecule has 0 bridgehead atoms. The molecule has 1 aliphatic heterocycles. The van der Waals surface area contributed by atoms with E-state index in [0.717, 1.165) is 10.4 Å². The van der Waals surface area contributed by atoms with Crippen LogP contribution in [-0.2, 0) is 16.1 Å². The van der Waals surface area contributed by atoms with Crippen molar-refractivity contribution in [3.63, 3.8) is 0 Å². The third kappa shape index (κ3) is 4.00. The van der Waals surface area contributed by atoms with E-state index >= 15 is 0 Å². The predicted octanol–water partition coefficient (Wildman–Crippen LogP) is 2.04. The number of hydrogen-bond donors (Lipinski definition) is 0. The van der Waals surface area contributed by atoms with E-state index in [2.05, 4.69) is 11.6 Å². The third-order valence-electron chi connectivity index (χ3n) is 4.97. The van der Waals surface area contributed by atoms with Gasteiger partial charge >= 0.3 is 0 Å². The highest BCUT2D eigenvalue weighted by Gasteiger charge is 2.23. The van der Waals surface area contributed by atoms with Crippen LogP contribution in [0.5, 0.6) is 0 Å². The molecule has 1 aliphatic rings. The van der Waals surface area contributed by atoms with Gasteiger partial charge in [-0.1, -0.05) is 17.8 Å². The number of rotatable bonds is 5. The van der Waals surface area contributed by atoms with Gasteiger partial charge in [0.2, 0.25) is 11.8 Å². The lowest BCUT2D eigenvalue weighted by Gasteiger charge is -2.34. The number of piperazine rings is 1. The number of carbonyl (C=O) groups excluding carboxylic acids is 2. The molecule has 2 aromatic heterocycles. The standard InChI is InChI=1S/C19H24N4O3S2/c1-5-6-23-18(26)16-12(2)13(3)28-17(16)20-19(23)27-11-15(25)22-9-7-21(8-10-22)14(4)24/h5H,1,6-11H2,2-4H3. The molecule has 3 heterocycles. The molecule has 0 aromatic carbocycles. The first-order chi connectivity index (χ1) is 13.3. The van der Waals surface area contributed by atoms with E-state index in [9.17, 15) is 14.4 Å². The van der Waals surface area contributed by atoms with Crippen molar-refractivity contribution in [2.75, 3.05) is 31.9 Å². The molecule has 3 rings (SSSR count). The van der Waals surface area contributed by atoms with Crippen LogP contribution in [0.15, 0.2) is 22.6 Å². The molecule has 0 radical (unpaired) electrons. The summed E-state index contributed by atoms with van der Waals surface area (Å²) in [5, 5.41) is 1.19. The highest BCUT2D eigenvalue weighted by atomic mass is 32.2.